The van der Waals surface area contributed by atoms with Gasteiger partial charge < -0.3 is 72.2 Å². The Bertz CT molecular complexity index is 3280. The van der Waals surface area contributed by atoms with Gasteiger partial charge >= 0.3 is 5.97 Å². The third-order valence-corrected chi connectivity index (χ3v) is 15.4. The first kappa shape index (κ1) is 64.7. The van der Waals surface area contributed by atoms with Gasteiger partial charge in [-0.05, 0) is 71.8 Å². The van der Waals surface area contributed by atoms with E-state index in [-0.39, 0.29) is 63.0 Å². The molecule has 2 aliphatic rings. The number of aromatic nitrogens is 1. The van der Waals surface area contributed by atoms with Crippen LogP contribution in [0.15, 0.2) is 109 Å². The Morgan fingerprint density at radius 1 is 0.563 bits per heavy atom. The molecule has 11 N–H and O–H groups in total. The maximum Gasteiger partial charge on any atom is 0.305 e. The second-order valence-electron chi connectivity index (χ2n) is 21.9. The number of nitrogens with zero attached hydrogens (tertiary/aromatic N) is 3. The van der Waals surface area contributed by atoms with E-state index in [0.29, 0.717) is 35.1 Å². The standard InChI is InChI=1S/C62H75N11O14/c1-4-5-7-17-45-57(82)68-48(31-40-33-63-44-16-11-10-15-43(40)44)56(81)65-34-52(76)66-46(28-38-19-23-41(74)24-20-38)58(83)70-49(32-55(79)80)61(86)73-27-12-18-50(73)62(87)71(2)36-53(77)64-35-54(78)72(3)51(30-37-13-8-6-9-14-37)60(85)69-47(59(84)67-45)29-39-21-25-42(75)26-22-39/h6,8-11,13-16,19-26,33,45-51,63,74-75H,4-5,7,12,17-18,27-32,34-36H2,1-3H3,(H,64,77)(H,65,81)(H,66,76)(H,67,84)(H,68,82)(H,69,85)(H,70,83)(H,79,80)/t45-,46-,47-,48-,49-,50+,51-/m0/s1. The van der Waals surface area contributed by atoms with E-state index >= 15 is 0 Å². The Kier molecular flexibility index (Phi) is 22.9. The molecule has 10 amide bonds. The molecule has 5 aromatic rings. The molecule has 2 aliphatic heterocycles. The molecule has 0 unspecified atom stereocenters. The fourth-order valence-electron chi connectivity index (χ4n) is 10.6. The summed E-state index contributed by atoms with van der Waals surface area (Å²) >= 11 is 0. The lowest BCUT2D eigenvalue weighted by atomic mass is 10.00. The minimum atomic E-state index is -1.78. The lowest BCUT2D eigenvalue weighted by Gasteiger charge is -2.31. The predicted octanol–water partition coefficient (Wildman–Crippen LogP) is 0.851. The van der Waals surface area contributed by atoms with E-state index in [9.17, 15) is 68.1 Å². The molecule has 2 fully saturated rings. The molecule has 0 saturated carbocycles. The van der Waals surface area contributed by atoms with Gasteiger partial charge in [-0.15, -0.1) is 0 Å². The molecular weight excluding hydrogens is 1120 g/mol. The van der Waals surface area contributed by atoms with Crippen molar-refractivity contribution >= 4 is 75.9 Å². The smallest absolute Gasteiger partial charge is 0.305 e. The number of aliphatic carboxylic acids is 1. The maximum absolute atomic E-state index is 14.8. The summed E-state index contributed by atoms with van der Waals surface area (Å²) in [7, 11) is 2.64. The number of fused-ring (bicyclic) bond motifs is 2. The van der Waals surface area contributed by atoms with E-state index in [1.165, 1.54) is 50.5 Å². The number of benzene rings is 4. The van der Waals surface area contributed by atoms with E-state index in [1.807, 2.05) is 25.1 Å². The molecule has 25 heteroatoms. The highest BCUT2D eigenvalue weighted by Crippen LogP contribution is 2.23. The van der Waals surface area contributed by atoms with E-state index in [2.05, 4.69) is 42.2 Å². The fourth-order valence-corrected chi connectivity index (χ4v) is 10.6. The number of H-pyrrole nitrogens is 1. The van der Waals surface area contributed by atoms with Crippen LogP contribution in [0.5, 0.6) is 11.5 Å². The number of rotatable bonds is 14. The van der Waals surface area contributed by atoms with Crippen LogP contribution in [0.4, 0.5) is 0 Å². The number of carbonyl (C=O) groups excluding carboxylic acids is 10. The average Bonchev–Trinajstić information content (AvgIpc) is 4.26. The molecule has 1 aromatic heterocycles. The Hall–Kier alpha value is -9.81. The lowest BCUT2D eigenvalue weighted by Crippen LogP contribution is -2.60. The summed E-state index contributed by atoms with van der Waals surface area (Å²) in [5.74, 6) is -10.0. The van der Waals surface area contributed by atoms with Crippen LogP contribution in [-0.4, -0.2) is 183 Å². The minimum Gasteiger partial charge on any atom is -0.508 e. The van der Waals surface area contributed by atoms with E-state index < -0.39 is 133 Å². The summed E-state index contributed by atoms with van der Waals surface area (Å²) < 4.78 is 0. The Morgan fingerprint density at radius 2 is 1.13 bits per heavy atom. The largest absolute Gasteiger partial charge is 0.508 e. The summed E-state index contributed by atoms with van der Waals surface area (Å²) in [6, 6.07) is 17.5. The van der Waals surface area contributed by atoms with Crippen LogP contribution in [0, 0.1) is 0 Å². The van der Waals surface area contributed by atoms with Gasteiger partial charge in [0.2, 0.25) is 59.1 Å². The third kappa shape index (κ3) is 18.3. The first-order valence-electron chi connectivity index (χ1n) is 28.9. The molecule has 4 aromatic carbocycles. The molecule has 7 rings (SSSR count). The van der Waals surface area contributed by atoms with Crippen molar-refractivity contribution in [2.45, 2.75) is 120 Å². The maximum atomic E-state index is 14.8. The predicted molar refractivity (Wildman–Crippen MR) is 317 cm³/mol. The van der Waals surface area contributed by atoms with Crippen LogP contribution in [0.25, 0.3) is 10.9 Å². The van der Waals surface area contributed by atoms with Crippen molar-refractivity contribution in [3.05, 3.63) is 132 Å². The number of phenols is 2. The van der Waals surface area contributed by atoms with E-state index in [4.69, 9.17) is 0 Å². The number of carboxylic acid groups (broad SMARTS) is 1. The van der Waals surface area contributed by atoms with Crippen LogP contribution in [0.2, 0.25) is 0 Å². The summed E-state index contributed by atoms with van der Waals surface area (Å²) in [6.07, 6.45) is 2.34. The number of nitrogens with one attached hydrogen (secondary N) is 8. The normalized spacial score (nSPS) is 22.3. The number of phenolic OH excluding ortho intramolecular Hbond substituents is 2. The van der Waals surface area contributed by atoms with Crippen molar-refractivity contribution in [1.82, 2.24) is 56.9 Å². The molecule has 25 nitrogen and oxygen atoms in total. The Balaban J connectivity index is 1.25. The SMILES string of the molecule is CCCCC[C@@H]1NC(=O)[C@H](Cc2ccc(O)cc2)NC(=O)[C@H](Cc2ccccc2)N(C)C(=O)CNC(=O)CN(C)C(=O)[C@H]2CCCN2C(=O)[C@H](CC(=O)O)NC(=O)[C@H](Cc2ccc(O)cc2)NC(=O)CNC(=O)[C@H](Cc2c[nH]c3ccccc23)NC1=O. The Labute approximate surface area is 502 Å². The minimum absolute atomic E-state index is 0.0311. The number of aromatic amines is 1. The molecule has 0 bridgehead atoms. The van der Waals surface area contributed by atoms with Crippen molar-refractivity contribution in [3.63, 3.8) is 0 Å². The number of hydrogen-bond donors (Lipinski definition) is 11. The molecule has 0 spiro atoms. The van der Waals surface area contributed by atoms with Gasteiger partial charge in [-0.2, -0.15) is 0 Å². The van der Waals surface area contributed by atoms with Crippen molar-refractivity contribution in [2.75, 3.05) is 40.3 Å². The van der Waals surface area contributed by atoms with Gasteiger partial charge in [0, 0.05) is 63.4 Å². The van der Waals surface area contributed by atoms with Crippen molar-refractivity contribution < 1.29 is 68.1 Å². The van der Waals surface area contributed by atoms with Crippen LogP contribution in [0.1, 0.15) is 74.1 Å². The molecule has 87 heavy (non-hydrogen) atoms. The van der Waals surface area contributed by atoms with E-state index in [0.717, 1.165) is 32.0 Å². The second kappa shape index (κ2) is 30.8. The lowest BCUT2D eigenvalue weighted by molar-refractivity contribution is -0.148. The summed E-state index contributed by atoms with van der Waals surface area (Å²) in [5, 5.41) is 49.4. The van der Waals surface area contributed by atoms with Gasteiger partial charge in [-0.3, -0.25) is 52.7 Å². The quantitative estimate of drug-likeness (QED) is 0.0688. The first-order chi connectivity index (χ1) is 41.7. The molecule has 3 heterocycles. The van der Waals surface area contributed by atoms with Crippen LogP contribution < -0.4 is 37.2 Å². The number of carbonyl (C=O) groups is 11. The zero-order valence-electron chi connectivity index (χ0n) is 48.7. The number of carboxylic acids is 1. The number of likely N-dealkylation sites (N-methyl/N-ethyl adjacent to an activating group) is 2. The summed E-state index contributed by atoms with van der Waals surface area (Å²) in [4.78, 5) is 162. The zero-order chi connectivity index (χ0) is 62.7. The fraction of sp³-hybridized carbons (Fsp3) is 0.403. The summed E-state index contributed by atoms with van der Waals surface area (Å²) in [5.41, 5.74) is 2.85. The van der Waals surface area contributed by atoms with E-state index in [1.54, 1.807) is 54.7 Å². The highest BCUT2D eigenvalue weighted by Gasteiger charge is 2.41. The number of unbranched alkanes of at least 4 members (excludes halogenated alkanes) is 2. The zero-order valence-corrected chi connectivity index (χ0v) is 48.7. The van der Waals surface area contributed by atoms with Gasteiger partial charge in [0.25, 0.3) is 0 Å². The highest BCUT2D eigenvalue weighted by molar-refractivity contribution is 5.99. The highest BCUT2D eigenvalue weighted by atomic mass is 16.4. The summed E-state index contributed by atoms with van der Waals surface area (Å²) in [6.45, 7) is -0.123. The van der Waals surface area contributed by atoms with Crippen molar-refractivity contribution in [1.29, 1.82) is 0 Å². The molecular formula is C62H75N11O14. The Morgan fingerprint density at radius 3 is 1.77 bits per heavy atom. The second-order valence-corrected chi connectivity index (χ2v) is 21.9. The first-order valence-corrected chi connectivity index (χ1v) is 28.9. The van der Waals surface area contributed by atoms with Gasteiger partial charge in [-0.25, -0.2) is 0 Å². The number of para-hydroxylation sites is 1. The molecule has 462 valence electrons. The molecule has 7 atom stereocenters. The van der Waals surface area contributed by atoms with Gasteiger partial charge in [-0.1, -0.05) is 99.0 Å². The number of amides is 10. The van der Waals surface area contributed by atoms with Crippen molar-refractivity contribution in [2.24, 2.45) is 0 Å². The number of aromatic hydroxyl groups is 2. The topological polar surface area (TPSA) is 358 Å². The average molecular weight is 1200 g/mol. The van der Waals surface area contributed by atoms with Crippen LogP contribution in [-0.2, 0) is 78.4 Å². The third-order valence-electron chi connectivity index (χ3n) is 15.4. The molecule has 2 saturated heterocycles. The van der Waals surface area contributed by atoms with Gasteiger partial charge in [0.1, 0.15) is 53.8 Å². The molecule has 0 aliphatic carbocycles. The van der Waals surface area contributed by atoms with Crippen molar-refractivity contribution in [3.8, 4) is 11.5 Å². The van der Waals surface area contributed by atoms with Gasteiger partial charge in [0.05, 0.1) is 26.1 Å². The van der Waals surface area contributed by atoms with Crippen LogP contribution >= 0.6 is 0 Å². The monoisotopic (exact) mass is 1200 g/mol. The molecule has 0 radical (unpaired) electrons. The van der Waals surface area contributed by atoms with Crippen LogP contribution in [0.3, 0.4) is 0 Å². The number of hydrogen-bond acceptors (Lipinski definition) is 13. The van der Waals surface area contributed by atoms with Gasteiger partial charge in [0.15, 0.2) is 0 Å².